The quantitative estimate of drug-likeness (QED) is 0.354. The Kier molecular flexibility index (Phi) is 5.15. The Balaban J connectivity index is 1.39. The Morgan fingerprint density at radius 2 is 1.23 bits per heavy atom. The first-order valence-electron chi connectivity index (χ1n) is 13.0. The Labute approximate surface area is 226 Å². The summed E-state index contributed by atoms with van der Waals surface area (Å²) in [7, 11) is 1.40. The minimum atomic E-state index is -0.464. The summed E-state index contributed by atoms with van der Waals surface area (Å²) in [5.41, 5.74) is 7.47. The lowest BCUT2D eigenvalue weighted by Gasteiger charge is -2.28. The lowest BCUT2D eigenvalue weighted by Crippen LogP contribution is -2.31. The highest BCUT2D eigenvalue weighted by atomic mass is 16.2. The van der Waals surface area contributed by atoms with Gasteiger partial charge in [0.05, 0.1) is 27.9 Å². The summed E-state index contributed by atoms with van der Waals surface area (Å²) in [6, 6.07) is 8.89. The number of carbonyl (C=O) groups excluding carboxylic acids is 5. The largest absolute Gasteiger partial charge is 0.289 e. The van der Waals surface area contributed by atoms with Crippen LogP contribution in [0.2, 0.25) is 0 Å². The molecule has 7 heteroatoms. The zero-order valence-corrected chi connectivity index (χ0v) is 22.8. The van der Waals surface area contributed by atoms with Crippen molar-refractivity contribution in [2.45, 2.75) is 52.9 Å². The first-order chi connectivity index (χ1) is 18.3. The number of ketones is 1. The van der Waals surface area contributed by atoms with Crippen molar-refractivity contribution in [1.29, 1.82) is 0 Å². The average Bonchev–Trinajstić information content (AvgIpc) is 3.45. The molecule has 0 N–H and O–H groups in total. The van der Waals surface area contributed by atoms with Gasteiger partial charge in [-0.2, -0.15) is 0 Å². The van der Waals surface area contributed by atoms with Gasteiger partial charge < -0.3 is 0 Å². The first-order valence-corrected chi connectivity index (χ1v) is 13.0. The normalized spacial score (nSPS) is 17.2. The molecule has 0 fully saturated rings. The van der Waals surface area contributed by atoms with Crippen LogP contribution in [-0.2, 0) is 11.8 Å². The predicted octanol–water partition coefficient (Wildman–Crippen LogP) is 5.09. The highest BCUT2D eigenvalue weighted by Crippen LogP contribution is 2.47. The molecule has 1 aliphatic carbocycles. The summed E-state index contributed by atoms with van der Waals surface area (Å²) in [6.07, 6.45) is 1.91. The number of nitrogens with zero attached hydrogens (tertiary/aromatic N) is 2. The molecule has 0 atom stereocenters. The second-order valence-electron chi connectivity index (χ2n) is 11.4. The maximum atomic E-state index is 13.7. The van der Waals surface area contributed by atoms with E-state index in [1.165, 1.54) is 59.5 Å². The van der Waals surface area contributed by atoms with Crippen molar-refractivity contribution in [3.63, 3.8) is 0 Å². The smallest absolute Gasteiger partial charge is 0.266 e. The molecule has 39 heavy (non-hydrogen) atoms. The van der Waals surface area contributed by atoms with Crippen LogP contribution in [0.15, 0.2) is 36.4 Å². The number of rotatable bonds is 3. The van der Waals surface area contributed by atoms with E-state index in [2.05, 4.69) is 20.8 Å². The molecule has 0 saturated carbocycles. The van der Waals surface area contributed by atoms with E-state index in [4.69, 9.17) is 0 Å². The van der Waals surface area contributed by atoms with E-state index in [0.29, 0.717) is 5.69 Å². The van der Waals surface area contributed by atoms with Crippen molar-refractivity contribution in [2.24, 2.45) is 0 Å². The molecule has 0 spiro atoms. The van der Waals surface area contributed by atoms with E-state index in [0.717, 1.165) is 34.4 Å². The fourth-order valence-corrected chi connectivity index (χ4v) is 6.58. The van der Waals surface area contributed by atoms with Gasteiger partial charge in [0.15, 0.2) is 5.78 Å². The molecule has 6 rings (SSSR count). The van der Waals surface area contributed by atoms with Gasteiger partial charge in [0, 0.05) is 18.2 Å². The van der Waals surface area contributed by atoms with Crippen LogP contribution >= 0.6 is 0 Å². The van der Waals surface area contributed by atoms with Crippen molar-refractivity contribution in [2.75, 3.05) is 11.9 Å². The van der Waals surface area contributed by atoms with Crippen LogP contribution in [0.5, 0.6) is 0 Å². The van der Waals surface area contributed by atoms with Crippen LogP contribution in [0.3, 0.4) is 0 Å². The molecule has 0 saturated heterocycles. The van der Waals surface area contributed by atoms with Crippen molar-refractivity contribution >= 4 is 35.1 Å². The number of fused-ring (bicyclic) bond motifs is 3. The molecule has 2 heterocycles. The summed E-state index contributed by atoms with van der Waals surface area (Å²) >= 11 is 0. The molecular weight excluding hydrogens is 492 g/mol. The number of imide groups is 2. The summed E-state index contributed by atoms with van der Waals surface area (Å²) in [5, 5.41) is 0. The van der Waals surface area contributed by atoms with E-state index in [1.807, 2.05) is 13.8 Å². The first kappa shape index (κ1) is 24.9. The molecule has 0 unspecified atom stereocenters. The molecule has 3 aromatic carbocycles. The van der Waals surface area contributed by atoms with Crippen LogP contribution in [-0.4, -0.2) is 41.4 Å². The van der Waals surface area contributed by atoms with Crippen LogP contribution in [0.4, 0.5) is 5.69 Å². The zero-order chi connectivity index (χ0) is 28.1. The fraction of sp³-hybridized carbons (Fsp3) is 0.281. The molecule has 3 aromatic rings. The lowest BCUT2D eigenvalue weighted by molar-refractivity contribution is 0.0692. The van der Waals surface area contributed by atoms with Gasteiger partial charge in [0.1, 0.15) is 0 Å². The van der Waals surface area contributed by atoms with E-state index >= 15 is 0 Å². The maximum Gasteiger partial charge on any atom is 0.266 e. The summed E-state index contributed by atoms with van der Waals surface area (Å²) in [6.45, 7) is 10.5. The predicted molar refractivity (Wildman–Crippen MR) is 146 cm³/mol. The second-order valence-corrected chi connectivity index (χ2v) is 11.4. The number of carbonyl (C=O) groups is 5. The van der Waals surface area contributed by atoms with Crippen LogP contribution in [0.1, 0.15) is 105 Å². The third kappa shape index (κ3) is 3.25. The zero-order valence-electron chi connectivity index (χ0n) is 22.8. The second kappa shape index (κ2) is 8.06. The van der Waals surface area contributed by atoms with Gasteiger partial charge >= 0.3 is 0 Å². The van der Waals surface area contributed by atoms with Gasteiger partial charge in [-0.25, -0.2) is 4.90 Å². The van der Waals surface area contributed by atoms with Gasteiger partial charge in [-0.3, -0.25) is 28.9 Å². The van der Waals surface area contributed by atoms with E-state index in [-0.39, 0.29) is 38.8 Å². The summed E-state index contributed by atoms with van der Waals surface area (Å²) < 4.78 is 0. The maximum absolute atomic E-state index is 13.7. The summed E-state index contributed by atoms with van der Waals surface area (Å²) in [5.74, 6) is -2.14. The van der Waals surface area contributed by atoms with Crippen molar-refractivity contribution in [1.82, 2.24) is 4.90 Å². The van der Waals surface area contributed by atoms with Gasteiger partial charge in [0.2, 0.25) is 0 Å². The van der Waals surface area contributed by atoms with E-state index in [9.17, 15) is 24.0 Å². The highest BCUT2D eigenvalue weighted by molar-refractivity contribution is 6.35. The minimum absolute atomic E-state index is 0.0373. The number of amides is 4. The lowest BCUT2D eigenvalue weighted by atomic mass is 9.81. The Bertz CT molecular complexity index is 1730. The third-order valence-electron chi connectivity index (χ3n) is 8.80. The third-order valence-corrected chi connectivity index (χ3v) is 8.80. The molecule has 4 amide bonds. The van der Waals surface area contributed by atoms with Crippen LogP contribution in [0, 0.1) is 20.8 Å². The van der Waals surface area contributed by atoms with Gasteiger partial charge in [-0.1, -0.05) is 26.0 Å². The van der Waals surface area contributed by atoms with Crippen LogP contribution < -0.4 is 4.90 Å². The van der Waals surface area contributed by atoms with Gasteiger partial charge in [0.25, 0.3) is 23.6 Å². The number of hydrogen-bond acceptors (Lipinski definition) is 5. The van der Waals surface area contributed by atoms with Crippen molar-refractivity contribution in [3.8, 4) is 0 Å². The molecule has 196 valence electrons. The molecule has 0 aromatic heterocycles. The molecular formula is C32H28N2O5. The average molecular weight is 521 g/mol. The van der Waals surface area contributed by atoms with E-state index < -0.39 is 29.4 Å². The molecule has 0 radical (unpaired) electrons. The number of anilines is 1. The fourth-order valence-electron chi connectivity index (χ4n) is 6.58. The van der Waals surface area contributed by atoms with Gasteiger partial charge in [-0.15, -0.1) is 0 Å². The topological polar surface area (TPSA) is 91.8 Å². The SMILES string of the molecule is Cc1c(C)c2c(c(C)c1N1C(=O)c3ccc(C(=O)c4ccc5c(c4)C(=O)N(C)C5=O)cc3C1=O)CCC2(C)C. The van der Waals surface area contributed by atoms with Crippen LogP contribution in [0.25, 0.3) is 0 Å². The number of hydrogen-bond donors (Lipinski definition) is 0. The number of benzene rings is 3. The highest BCUT2D eigenvalue weighted by Gasteiger charge is 2.42. The van der Waals surface area contributed by atoms with Crippen molar-refractivity contribution in [3.05, 3.63) is 97.6 Å². The minimum Gasteiger partial charge on any atom is -0.289 e. The molecule has 3 aliphatic rings. The Morgan fingerprint density at radius 3 is 1.85 bits per heavy atom. The Morgan fingerprint density at radius 1 is 0.718 bits per heavy atom. The monoisotopic (exact) mass is 520 g/mol. The van der Waals surface area contributed by atoms with E-state index in [1.54, 1.807) is 0 Å². The standard InChI is InChI=1S/C32H28N2O5/c1-15-16(2)26(17(3)20-11-12-32(4,5)25(15)20)34-30(38)22-10-8-19(14-24(22)31(34)39)27(35)18-7-9-21-23(13-18)29(37)33(6)28(21)36/h7-10,13-14H,11-12H2,1-6H3. The Hall–Kier alpha value is -4.39. The van der Waals surface area contributed by atoms with Gasteiger partial charge in [-0.05, 0) is 91.1 Å². The summed E-state index contributed by atoms with van der Waals surface area (Å²) in [4.78, 5) is 67.6. The molecule has 0 bridgehead atoms. The molecule has 2 aliphatic heterocycles. The molecule has 7 nitrogen and oxygen atoms in total. The van der Waals surface area contributed by atoms with Crippen molar-refractivity contribution < 1.29 is 24.0 Å².